The van der Waals surface area contributed by atoms with Gasteiger partial charge in [0.05, 0.1) is 6.54 Å². The third kappa shape index (κ3) is 2.46. The van der Waals surface area contributed by atoms with Crippen LogP contribution in [0.5, 0.6) is 0 Å². The first kappa shape index (κ1) is 12.2. The molecule has 4 heteroatoms. The number of halogens is 1. The Morgan fingerprint density at radius 1 is 1.22 bits per heavy atom. The molecule has 1 saturated heterocycles. The summed E-state index contributed by atoms with van der Waals surface area (Å²) in [6.45, 7) is 5.44. The molecule has 18 heavy (non-hydrogen) atoms. The number of hydrogen-bond donors (Lipinski definition) is 0. The molecule has 2 heterocycles. The fourth-order valence-electron chi connectivity index (χ4n) is 2.38. The molecule has 0 aliphatic carbocycles. The predicted octanol–water partition coefficient (Wildman–Crippen LogP) is 2.94. The van der Waals surface area contributed by atoms with Gasteiger partial charge in [0, 0.05) is 36.0 Å². The second kappa shape index (κ2) is 5.03. The maximum absolute atomic E-state index is 5.89. The van der Waals surface area contributed by atoms with Crippen molar-refractivity contribution in [2.45, 2.75) is 6.54 Å². The molecule has 0 unspecified atom stereocenters. The molecule has 0 radical (unpaired) electrons. The maximum atomic E-state index is 5.89. The molecule has 1 aromatic heterocycles. The van der Waals surface area contributed by atoms with E-state index in [4.69, 9.17) is 4.42 Å². The summed E-state index contributed by atoms with van der Waals surface area (Å²) in [7, 11) is 2.18. The van der Waals surface area contributed by atoms with Crippen molar-refractivity contribution in [1.29, 1.82) is 0 Å². The summed E-state index contributed by atoms with van der Waals surface area (Å²) < 4.78 is 7.00. The highest BCUT2D eigenvalue weighted by molar-refractivity contribution is 9.10. The van der Waals surface area contributed by atoms with E-state index in [1.165, 1.54) is 5.39 Å². The Morgan fingerprint density at radius 2 is 2.00 bits per heavy atom. The molecule has 1 fully saturated rings. The Balaban J connectivity index is 1.77. The summed E-state index contributed by atoms with van der Waals surface area (Å²) >= 11 is 3.56. The van der Waals surface area contributed by atoms with Gasteiger partial charge in [-0.2, -0.15) is 0 Å². The van der Waals surface area contributed by atoms with Crippen LogP contribution in [0.15, 0.2) is 33.2 Å². The zero-order valence-corrected chi connectivity index (χ0v) is 12.1. The van der Waals surface area contributed by atoms with Crippen LogP contribution in [-0.4, -0.2) is 43.0 Å². The first-order valence-electron chi connectivity index (χ1n) is 6.30. The van der Waals surface area contributed by atoms with Crippen LogP contribution in [0.3, 0.4) is 0 Å². The quantitative estimate of drug-likeness (QED) is 0.850. The van der Waals surface area contributed by atoms with Crippen LogP contribution in [0.2, 0.25) is 0 Å². The fraction of sp³-hybridized carbons (Fsp3) is 0.429. The van der Waals surface area contributed by atoms with Crippen molar-refractivity contribution in [2.24, 2.45) is 0 Å². The van der Waals surface area contributed by atoms with Gasteiger partial charge < -0.3 is 9.32 Å². The summed E-state index contributed by atoms with van der Waals surface area (Å²) in [6.07, 6.45) is 0. The smallest absolute Gasteiger partial charge is 0.135 e. The summed E-state index contributed by atoms with van der Waals surface area (Å²) in [5, 5.41) is 1.17. The fourth-order valence-corrected chi connectivity index (χ4v) is 2.84. The van der Waals surface area contributed by atoms with Crippen LogP contribution in [0.4, 0.5) is 0 Å². The van der Waals surface area contributed by atoms with Crippen molar-refractivity contribution in [2.75, 3.05) is 33.2 Å². The van der Waals surface area contributed by atoms with Crippen LogP contribution in [0.25, 0.3) is 11.0 Å². The zero-order valence-electron chi connectivity index (χ0n) is 10.5. The first-order chi connectivity index (χ1) is 8.72. The van der Waals surface area contributed by atoms with E-state index in [9.17, 15) is 0 Å². The van der Waals surface area contributed by atoms with Gasteiger partial charge in [0.2, 0.25) is 0 Å². The monoisotopic (exact) mass is 308 g/mol. The molecular weight excluding hydrogens is 292 g/mol. The highest BCUT2D eigenvalue weighted by atomic mass is 79.9. The van der Waals surface area contributed by atoms with Crippen molar-refractivity contribution < 1.29 is 4.42 Å². The van der Waals surface area contributed by atoms with E-state index in [0.717, 1.165) is 48.5 Å². The van der Waals surface area contributed by atoms with Gasteiger partial charge in [0.15, 0.2) is 0 Å². The maximum Gasteiger partial charge on any atom is 0.135 e. The normalized spacial score (nSPS) is 18.6. The standard InChI is InChI=1S/C14H17BrN2O/c1-16-5-7-17(8-6-16)10-11-9-12-13(15)3-2-4-14(12)18-11/h2-4,9H,5-8,10H2,1H3. The molecule has 0 amide bonds. The predicted molar refractivity (Wildman–Crippen MR) is 76.7 cm³/mol. The lowest BCUT2D eigenvalue weighted by Crippen LogP contribution is -2.43. The van der Waals surface area contributed by atoms with E-state index in [2.05, 4.69) is 44.9 Å². The van der Waals surface area contributed by atoms with Gasteiger partial charge in [-0.05, 0) is 25.2 Å². The number of hydrogen-bond acceptors (Lipinski definition) is 3. The lowest BCUT2D eigenvalue weighted by Gasteiger charge is -2.31. The average Bonchev–Trinajstić information content (AvgIpc) is 2.76. The van der Waals surface area contributed by atoms with Gasteiger partial charge in [0.25, 0.3) is 0 Å². The van der Waals surface area contributed by atoms with Crippen molar-refractivity contribution in [3.8, 4) is 0 Å². The van der Waals surface area contributed by atoms with Crippen molar-refractivity contribution in [3.05, 3.63) is 34.5 Å². The van der Waals surface area contributed by atoms with E-state index in [1.54, 1.807) is 0 Å². The minimum atomic E-state index is 0.912. The number of likely N-dealkylation sites (N-methyl/N-ethyl adjacent to an activating group) is 1. The minimum absolute atomic E-state index is 0.912. The molecule has 0 saturated carbocycles. The Hall–Kier alpha value is -0.840. The number of piperazine rings is 1. The van der Waals surface area contributed by atoms with Gasteiger partial charge >= 0.3 is 0 Å². The largest absolute Gasteiger partial charge is 0.460 e. The van der Waals surface area contributed by atoms with E-state index < -0.39 is 0 Å². The topological polar surface area (TPSA) is 19.6 Å². The molecule has 0 spiro atoms. The van der Waals surface area contributed by atoms with Gasteiger partial charge in [-0.15, -0.1) is 0 Å². The lowest BCUT2D eigenvalue weighted by atomic mass is 10.2. The van der Waals surface area contributed by atoms with Crippen molar-refractivity contribution >= 4 is 26.9 Å². The summed E-state index contributed by atoms with van der Waals surface area (Å²) in [5.74, 6) is 1.06. The number of fused-ring (bicyclic) bond motifs is 1. The molecule has 0 atom stereocenters. The van der Waals surface area contributed by atoms with Crippen LogP contribution in [0.1, 0.15) is 5.76 Å². The molecular formula is C14H17BrN2O. The molecule has 2 aromatic rings. The van der Waals surface area contributed by atoms with E-state index in [-0.39, 0.29) is 0 Å². The average molecular weight is 309 g/mol. The third-order valence-corrected chi connectivity index (χ3v) is 4.23. The van der Waals surface area contributed by atoms with Crippen LogP contribution >= 0.6 is 15.9 Å². The Morgan fingerprint density at radius 3 is 2.72 bits per heavy atom. The van der Waals surface area contributed by atoms with Crippen LogP contribution in [-0.2, 0) is 6.54 Å². The molecule has 96 valence electrons. The van der Waals surface area contributed by atoms with Gasteiger partial charge in [-0.25, -0.2) is 0 Å². The highest BCUT2D eigenvalue weighted by Crippen LogP contribution is 2.27. The minimum Gasteiger partial charge on any atom is -0.460 e. The molecule has 3 nitrogen and oxygen atoms in total. The van der Waals surface area contributed by atoms with Crippen LogP contribution < -0.4 is 0 Å². The van der Waals surface area contributed by atoms with Crippen molar-refractivity contribution in [1.82, 2.24) is 9.80 Å². The molecule has 1 aromatic carbocycles. The van der Waals surface area contributed by atoms with Gasteiger partial charge in [0.1, 0.15) is 11.3 Å². The second-order valence-electron chi connectivity index (χ2n) is 4.94. The highest BCUT2D eigenvalue weighted by Gasteiger charge is 2.16. The summed E-state index contributed by atoms with van der Waals surface area (Å²) in [6, 6.07) is 8.23. The zero-order chi connectivity index (χ0) is 12.5. The summed E-state index contributed by atoms with van der Waals surface area (Å²) in [4.78, 5) is 4.82. The van der Waals surface area contributed by atoms with Gasteiger partial charge in [-0.1, -0.05) is 22.0 Å². The first-order valence-corrected chi connectivity index (χ1v) is 7.09. The number of rotatable bonds is 2. The Kier molecular flexibility index (Phi) is 3.41. The molecule has 1 aliphatic heterocycles. The number of benzene rings is 1. The third-order valence-electron chi connectivity index (χ3n) is 3.53. The van der Waals surface area contributed by atoms with E-state index in [0.29, 0.717) is 0 Å². The van der Waals surface area contributed by atoms with E-state index >= 15 is 0 Å². The number of furan rings is 1. The molecule has 3 rings (SSSR count). The SMILES string of the molecule is CN1CCN(Cc2cc3c(Br)cccc3o2)CC1. The lowest BCUT2D eigenvalue weighted by molar-refractivity contribution is 0.141. The second-order valence-corrected chi connectivity index (χ2v) is 5.80. The summed E-state index contributed by atoms with van der Waals surface area (Å²) in [5.41, 5.74) is 0.966. The van der Waals surface area contributed by atoms with Gasteiger partial charge in [-0.3, -0.25) is 4.90 Å². The van der Waals surface area contributed by atoms with E-state index in [1.807, 2.05) is 12.1 Å². The molecule has 0 N–H and O–H groups in total. The number of nitrogens with zero attached hydrogens (tertiary/aromatic N) is 2. The Labute approximate surface area is 115 Å². The molecule has 1 aliphatic rings. The molecule has 0 bridgehead atoms. The van der Waals surface area contributed by atoms with Crippen LogP contribution in [0, 0.1) is 0 Å². The Bertz CT molecular complexity index is 544. The van der Waals surface area contributed by atoms with Crippen molar-refractivity contribution in [3.63, 3.8) is 0 Å².